The third-order valence-corrected chi connectivity index (χ3v) is 10.0. The molecule has 0 radical (unpaired) electrons. The summed E-state index contributed by atoms with van der Waals surface area (Å²) in [6.45, 7) is 14.0. The Morgan fingerprint density at radius 3 is 0.586 bits per heavy atom. The summed E-state index contributed by atoms with van der Waals surface area (Å²) in [4.78, 5) is 0. The van der Waals surface area contributed by atoms with Crippen LogP contribution in [0.5, 0.6) is 11.5 Å². The molecule has 0 heterocycles. The molecule has 0 atom stereocenters. The maximum Gasteiger partial charge on any atom is 0.264 e. The molecule has 0 aliphatic carbocycles. The van der Waals surface area contributed by atoms with Crippen molar-refractivity contribution >= 4 is 20.2 Å². The Bertz CT molecular complexity index is 1360. The molecule has 0 saturated heterocycles. The van der Waals surface area contributed by atoms with Gasteiger partial charge in [-0.1, -0.05) is 12.1 Å². The number of hydrogen-bond acceptors (Lipinski definition) is 22. The van der Waals surface area contributed by atoms with Crippen molar-refractivity contribution in [2.75, 3.05) is 236 Å². The molecule has 0 spiro atoms. The Hall–Kier alpha value is -2.00. The van der Waals surface area contributed by atoms with Gasteiger partial charge in [0.1, 0.15) is 13.2 Å². The Labute approximate surface area is 415 Å². The van der Waals surface area contributed by atoms with Gasteiger partial charge in [-0.15, -0.1) is 0 Å². The molecule has 0 fully saturated rings. The van der Waals surface area contributed by atoms with Gasteiger partial charge in [-0.25, -0.2) is 0 Å². The van der Waals surface area contributed by atoms with Crippen LogP contribution >= 0.6 is 0 Å². The summed E-state index contributed by atoms with van der Waals surface area (Å²) in [7, 11) is -7.88. The molecule has 0 aromatic heterocycles. The van der Waals surface area contributed by atoms with Gasteiger partial charge in [-0.3, -0.25) is 9.11 Å². The number of para-hydroxylation sites is 2. The summed E-state index contributed by atoms with van der Waals surface area (Å²) in [5.41, 5.74) is 0. The van der Waals surface area contributed by atoms with E-state index in [4.69, 9.17) is 94.4 Å². The second-order valence-corrected chi connectivity index (χ2v) is 17.4. The van der Waals surface area contributed by atoms with Gasteiger partial charge in [-0.05, 0) is 25.0 Å². The average molecular weight is 1060 g/mol. The smallest absolute Gasteiger partial charge is 0.264 e. The SMILES string of the molecule is O=S(=O)(O)CCCOCCOCCOCCOCCOCCOCCOCCOCCOc1ccccc1OCCOCCOCCOCCOCCOCCOCCOCCOCCCS(=O)(=O)O. The first-order valence-electron chi connectivity index (χ1n) is 23.7. The van der Waals surface area contributed by atoms with Crippen molar-refractivity contribution in [2.45, 2.75) is 12.8 Å². The van der Waals surface area contributed by atoms with Gasteiger partial charge in [0.25, 0.3) is 20.2 Å². The van der Waals surface area contributed by atoms with Gasteiger partial charge in [0, 0.05) is 13.2 Å². The van der Waals surface area contributed by atoms with Crippen molar-refractivity contribution in [3.05, 3.63) is 24.3 Å². The molecule has 2 N–H and O–H groups in total. The summed E-state index contributed by atoms with van der Waals surface area (Å²) in [5.74, 6) is 0.617. The monoisotopic (exact) mass is 1060 g/mol. The van der Waals surface area contributed by atoms with E-state index in [2.05, 4.69) is 0 Å². The van der Waals surface area contributed by atoms with Crippen LogP contribution in [0, 0.1) is 0 Å². The third kappa shape index (κ3) is 52.3. The fourth-order valence-corrected chi connectivity index (χ4v) is 6.04. The maximum atomic E-state index is 10.6. The minimum Gasteiger partial charge on any atom is -0.487 e. The second kappa shape index (κ2) is 50.5. The molecule has 0 amide bonds. The first kappa shape index (κ1) is 66.0. The summed E-state index contributed by atoms with van der Waals surface area (Å²) < 4.78 is 159. The molecule has 70 heavy (non-hydrogen) atoms. The first-order valence-corrected chi connectivity index (χ1v) is 26.9. The Kier molecular flexibility index (Phi) is 47.7. The Morgan fingerprint density at radius 1 is 0.257 bits per heavy atom. The highest BCUT2D eigenvalue weighted by Gasteiger charge is 2.06. The third-order valence-electron chi connectivity index (χ3n) is 8.41. The highest BCUT2D eigenvalue weighted by molar-refractivity contribution is 7.86. The van der Waals surface area contributed by atoms with E-state index in [0.29, 0.717) is 223 Å². The van der Waals surface area contributed by atoms with E-state index in [0.717, 1.165) is 0 Å². The number of benzene rings is 1. The van der Waals surface area contributed by atoms with Gasteiger partial charge in [0.2, 0.25) is 0 Å². The summed E-state index contributed by atoms with van der Waals surface area (Å²) in [5, 5.41) is 0. The summed E-state index contributed by atoms with van der Waals surface area (Å²) in [6.07, 6.45) is 0.471. The zero-order chi connectivity index (χ0) is 50.6. The van der Waals surface area contributed by atoms with Gasteiger partial charge < -0.3 is 85.3 Å². The number of hydrogen-bond donors (Lipinski definition) is 2. The van der Waals surface area contributed by atoms with Crippen LogP contribution in [0.25, 0.3) is 0 Å². The van der Waals surface area contributed by atoms with Gasteiger partial charge >= 0.3 is 0 Å². The van der Waals surface area contributed by atoms with E-state index < -0.39 is 20.2 Å². The van der Waals surface area contributed by atoms with E-state index in [1.165, 1.54) is 0 Å². The fraction of sp³-hybridized carbons (Fsp3) is 0.864. The molecule has 0 unspecified atom stereocenters. The van der Waals surface area contributed by atoms with E-state index in [9.17, 15) is 16.8 Å². The van der Waals surface area contributed by atoms with E-state index in [1.807, 2.05) is 24.3 Å². The average Bonchev–Trinajstić information content (AvgIpc) is 3.33. The lowest BCUT2D eigenvalue weighted by Crippen LogP contribution is -2.15. The molecule has 0 aliphatic rings. The van der Waals surface area contributed by atoms with Crippen molar-refractivity contribution in [3.8, 4) is 11.5 Å². The second-order valence-electron chi connectivity index (χ2n) is 14.2. The number of rotatable bonds is 58. The summed E-state index contributed by atoms with van der Waals surface area (Å²) in [6, 6.07) is 7.43. The van der Waals surface area contributed by atoms with Crippen LogP contribution in [0.1, 0.15) is 12.8 Å². The number of ether oxygens (including phenoxy) is 18. The topological polar surface area (TPSA) is 275 Å². The lowest BCUT2D eigenvalue weighted by atomic mass is 10.3. The molecule has 0 bridgehead atoms. The maximum absolute atomic E-state index is 10.6. The lowest BCUT2D eigenvalue weighted by Gasteiger charge is -2.13. The molecular formula is C44H82O24S2. The van der Waals surface area contributed by atoms with Crippen molar-refractivity contribution in [3.63, 3.8) is 0 Å². The molecule has 1 aromatic rings. The minimum absolute atomic E-state index is 0.236. The van der Waals surface area contributed by atoms with Gasteiger partial charge in [0.05, 0.1) is 210 Å². The van der Waals surface area contributed by atoms with Crippen LogP contribution in [0.15, 0.2) is 24.3 Å². The van der Waals surface area contributed by atoms with E-state index in [1.54, 1.807) is 0 Å². The largest absolute Gasteiger partial charge is 0.487 e. The first-order chi connectivity index (χ1) is 34.2. The van der Waals surface area contributed by atoms with E-state index >= 15 is 0 Å². The summed E-state index contributed by atoms with van der Waals surface area (Å²) >= 11 is 0. The Morgan fingerprint density at radius 2 is 0.414 bits per heavy atom. The molecule has 1 aromatic carbocycles. The Balaban J connectivity index is 1.77. The molecule has 0 aliphatic heterocycles. The molecule has 1 rings (SSSR count). The molecule has 24 nitrogen and oxygen atoms in total. The zero-order valence-corrected chi connectivity index (χ0v) is 42.5. The zero-order valence-electron chi connectivity index (χ0n) is 40.9. The van der Waals surface area contributed by atoms with Crippen LogP contribution in [0.3, 0.4) is 0 Å². The van der Waals surface area contributed by atoms with Crippen molar-refractivity contribution in [2.24, 2.45) is 0 Å². The van der Waals surface area contributed by atoms with Crippen molar-refractivity contribution in [1.82, 2.24) is 0 Å². The standard InChI is InChI=1S/C44H82O24S2/c45-69(46,47)41-3-7-51-9-11-53-13-15-55-17-19-57-21-23-59-25-27-61-29-31-63-33-35-65-37-39-67-43-5-1-2-6-44(43)68-40-38-66-36-34-64-32-30-62-28-26-60-24-22-58-20-18-56-16-14-54-12-10-52-8-4-42-70(48,49)50/h1-2,5-6H,3-4,7-42H2,(H,45,46,47)(H,48,49,50). The molecular weight excluding hydrogens is 977 g/mol. The van der Waals surface area contributed by atoms with Crippen LogP contribution < -0.4 is 9.47 Å². The van der Waals surface area contributed by atoms with Gasteiger partial charge in [0.15, 0.2) is 11.5 Å². The van der Waals surface area contributed by atoms with Crippen molar-refractivity contribution < 1.29 is 111 Å². The van der Waals surface area contributed by atoms with Gasteiger partial charge in [-0.2, -0.15) is 16.8 Å². The van der Waals surface area contributed by atoms with Crippen LogP contribution in [-0.2, 0) is 96.0 Å². The predicted octanol–water partition coefficient (Wildman–Crippen LogP) is 1.27. The minimum atomic E-state index is -3.94. The highest BCUT2D eigenvalue weighted by atomic mass is 32.2. The fourth-order valence-electron chi connectivity index (χ4n) is 5.08. The molecule has 414 valence electrons. The van der Waals surface area contributed by atoms with Crippen LogP contribution in [0.2, 0.25) is 0 Å². The quantitative estimate of drug-likeness (QED) is 0.0686. The molecule has 26 heteroatoms. The van der Waals surface area contributed by atoms with Crippen molar-refractivity contribution in [1.29, 1.82) is 0 Å². The lowest BCUT2D eigenvalue weighted by molar-refractivity contribution is -0.0237. The molecule has 0 saturated carbocycles. The van der Waals surface area contributed by atoms with Crippen LogP contribution in [0.4, 0.5) is 0 Å². The van der Waals surface area contributed by atoms with E-state index in [-0.39, 0.29) is 37.6 Å². The van der Waals surface area contributed by atoms with Crippen LogP contribution in [-0.4, -0.2) is 262 Å². The normalized spacial score (nSPS) is 12.0. The predicted molar refractivity (Wildman–Crippen MR) is 253 cm³/mol. The highest BCUT2D eigenvalue weighted by Crippen LogP contribution is 2.26.